The van der Waals surface area contributed by atoms with Crippen LogP contribution < -0.4 is 10.1 Å². The van der Waals surface area contributed by atoms with Gasteiger partial charge in [-0.05, 0) is 35.7 Å². The van der Waals surface area contributed by atoms with Crippen LogP contribution in [0.4, 0.5) is 24.7 Å². The maximum absolute atomic E-state index is 12.8. The summed E-state index contributed by atoms with van der Waals surface area (Å²) in [5, 5.41) is 7.08. The number of para-hydroxylation sites is 1. The number of aromatic nitrogens is 2. The Bertz CT molecular complexity index is 1240. The predicted octanol–water partition coefficient (Wildman–Crippen LogP) is 7.59. The lowest BCUT2D eigenvalue weighted by atomic mass is 9.86. The van der Waals surface area contributed by atoms with Gasteiger partial charge in [0, 0.05) is 23.4 Å². The van der Waals surface area contributed by atoms with E-state index >= 15 is 0 Å². The Morgan fingerprint density at radius 2 is 1.64 bits per heavy atom. The molecule has 33 heavy (non-hydrogen) atoms. The minimum absolute atomic E-state index is 0.123. The molecule has 0 unspecified atom stereocenters. The normalized spacial score (nSPS) is 11.9. The number of nitrogens with one attached hydrogen (secondary N) is 1. The van der Waals surface area contributed by atoms with E-state index in [1.54, 1.807) is 24.4 Å². The molecule has 1 N–H and O–H groups in total. The maximum atomic E-state index is 12.8. The molecule has 0 amide bonds. The van der Waals surface area contributed by atoms with Crippen LogP contribution in [0.1, 0.15) is 31.9 Å². The van der Waals surface area contributed by atoms with E-state index < -0.39 is 11.7 Å². The van der Waals surface area contributed by atoms with Crippen LogP contribution in [0.25, 0.3) is 11.3 Å². The zero-order valence-corrected chi connectivity index (χ0v) is 18.3. The molecule has 4 rings (SSSR count). The standard InChI is InChI=1S/C25H22F3N3O2/c1-24(2,3)18-7-4-5-9-20(18)32-23-19(8-6-14-29-23)30-22-15-21(33-31-22)16-10-12-17(13-11-16)25(26,27)28/h4-15H,1-3H3,(H,30,31). The number of alkyl halides is 3. The summed E-state index contributed by atoms with van der Waals surface area (Å²) >= 11 is 0. The summed E-state index contributed by atoms with van der Waals surface area (Å²) < 4.78 is 49.8. The Hall–Kier alpha value is -3.81. The first-order valence-corrected chi connectivity index (χ1v) is 10.2. The van der Waals surface area contributed by atoms with Gasteiger partial charge in [-0.15, -0.1) is 0 Å². The van der Waals surface area contributed by atoms with Crippen molar-refractivity contribution in [3.8, 4) is 23.0 Å². The molecule has 0 saturated heterocycles. The van der Waals surface area contributed by atoms with E-state index in [4.69, 9.17) is 9.26 Å². The SMILES string of the molecule is CC(C)(C)c1ccccc1Oc1ncccc1Nc1cc(-c2ccc(C(F)(F)F)cc2)on1. The van der Waals surface area contributed by atoms with Crippen LogP contribution in [0.5, 0.6) is 11.6 Å². The number of halogens is 3. The quantitative estimate of drug-likeness (QED) is 0.337. The van der Waals surface area contributed by atoms with Crippen LogP contribution >= 0.6 is 0 Å². The van der Waals surface area contributed by atoms with E-state index in [0.717, 1.165) is 17.7 Å². The summed E-state index contributed by atoms with van der Waals surface area (Å²) in [6.07, 6.45) is -2.77. The van der Waals surface area contributed by atoms with Gasteiger partial charge < -0.3 is 14.6 Å². The molecular weight excluding hydrogens is 431 g/mol. The molecule has 0 aliphatic rings. The lowest BCUT2D eigenvalue weighted by molar-refractivity contribution is -0.137. The number of hydrogen-bond acceptors (Lipinski definition) is 5. The fourth-order valence-corrected chi connectivity index (χ4v) is 3.28. The highest BCUT2D eigenvalue weighted by atomic mass is 19.4. The Balaban J connectivity index is 1.56. The third kappa shape index (κ3) is 5.16. The summed E-state index contributed by atoms with van der Waals surface area (Å²) in [5.74, 6) is 1.74. The van der Waals surface area contributed by atoms with E-state index in [1.165, 1.54) is 12.1 Å². The van der Waals surface area contributed by atoms with Gasteiger partial charge in [-0.2, -0.15) is 13.2 Å². The minimum atomic E-state index is -4.39. The minimum Gasteiger partial charge on any atom is -0.437 e. The molecule has 5 nitrogen and oxygen atoms in total. The zero-order valence-electron chi connectivity index (χ0n) is 18.3. The Morgan fingerprint density at radius 3 is 2.33 bits per heavy atom. The molecule has 0 spiro atoms. The molecule has 0 bridgehead atoms. The molecule has 4 aromatic rings. The lowest BCUT2D eigenvalue weighted by Gasteiger charge is -2.22. The second kappa shape index (κ2) is 8.61. The van der Waals surface area contributed by atoms with Crippen LogP contribution in [0, 0.1) is 0 Å². The molecule has 0 radical (unpaired) electrons. The van der Waals surface area contributed by atoms with Crippen molar-refractivity contribution in [3.63, 3.8) is 0 Å². The van der Waals surface area contributed by atoms with Gasteiger partial charge in [-0.3, -0.25) is 0 Å². The third-order valence-corrected chi connectivity index (χ3v) is 4.94. The number of benzene rings is 2. The number of rotatable bonds is 5. The van der Waals surface area contributed by atoms with E-state index in [0.29, 0.717) is 34.5 Å². The highest BCUT2D eigenvalue weighted by Gasteiger charge is 2.30. The molecule has 0 saturated carbocycles. The van der Waals surface area contributed by atoms with E-state index in [-0.39, 0.29) is 5.41 Å². The Morgan fingerprint density at radius 1 is 0.909 bits per heavy atom. The van der Waals surface area contributed by atoms with Crippen molar-refractivity contribution in [1.29, 1.82) is 0 Å². The molecule has 0 aliphatic heterocycles. The maximum Gasteiger partial charge on any atom is 0.416 e. The fraction of sp³-hybridized carbons (Fsp3) is 0.200. The Kier molecular flexibility index (Phi) is 5.84. The van der Waals surface area contributed by atoms with Gasteiger partial charge in [-0.25, -0.2) is 4.98 Å². The van der Waals surface area contributed by atoms with Crippen molar-refractivity contribution in [2.24, 2.45) is 0 Å². The molecule has 0 aliphatic carbocycles. The number of anilines is 2. The lowest BCUT2D eigenvalue weighted by Crippen LogP contribution is -2.12. The predicted molar refractivity (Wildman–Crippen MR) is 120 cm³/mol. The van der Waals surface area contributed by atoms with Crippen LogP contribution in [0.2, 0.25) is 0 Å². The van der Waals surface area contributed by atoms with Crippen LogP contribution in [0.3, 0.4) is 0 Å². The van der Waals surface area contributed by atoms with Gasteiger partial charge in [0.25, 0.3) is 0 Å². The number of ether oxygens (including phenoxy) is 1. The molecule has 2 aromatic heterocycles. The monoisotopic (exact) mass is 453 g/mol. The van der Waals surface area contributed by atoms with Crippen LogP contribution in [-0.4, -0.2) is 10.1 Å². The summed E-state index contributed by atoms with van der Waals surface area (Å²) in [7, 11) is 0. The molecule has 0 fully saturated rings. The highest BCUT2D eigenvalue weighted by Crippen LogP contribution is 2.37. The largest absolute Gasteiger partial charge is 0.437 e. The molecule has 2 heterocycles. The summed E-state index contributed by atoms with van der Waals surface area (Å²) in [5.41, 5.74) is 1.23. The van der Waals surface area contributed by atoms with Gasteiger partial charge in [-0.1, -0.05) is 56.3 Å². The third-order valence-electron chi connectivity index (χ3n) is 4.94. The number of nitrogens with zero attached hydrogens (tertiary/aromatic N) is 2. The molecule has 2 aromatic carbocycles. The first-order valence-electron chi connectivity index (χ1n) is 10.2. The van der Waals surface area contributed by atoms with Crippen LogP contribution in [-0.2, 0) is 11.6 Å². The fourth-order valence-electron chi connectivity index (χ4n) is 3.28. The van der Waals surface area contributed by atoms with Gasteiger partial charge >= 0.3 is 6.18 Å². The van der Waals surface area contributed by atoms with Crippen molar-refractivity contribution >= 4 is 11.5 Å². The van der Waals surface area contributed by atoms with Gasteiger partial charge in [0.2, 0.25) is 5.88 Å². The smallest absolute Gasteiger partial charge is 0.416 e. The molecule has 8 heteroatoms. The van der Waals surface area contributed by atoms with Gasteiger partial charge in [0.05, 0.1) is 5.56 Å². The van der Waals surface area contributed by atoms with Crippen molar-refractivity contribution in [1.82, 2.24) is 10.1 Å². The first kappa shape index (κ1) is 22.4. The second-order valence-electron chi connectivity index (χ2n) is 8.48. The van der Waals surface area contributed by atoms with E-state index in [2.05, 4.69) is 36.2 Å². The van der Waals surface area contributed by atoms with Gasteiger partial charge in [0.15, 0.2) is 11.6 Å². The van der Waals surface area contributed by atoms with Crippen molar-refractivity contribution in [3.05, 3.63) is 84.1 Å². The molecular formula is C25H22F3N3O2. The Labute approximate surface area is 189 Å². The first-order chi connectivity index (χ1) is 15.6. The van der Waals surface area contributed by atoms with E-state index in [1.807, 2.05) is 24.3 Å². The van der Waals surface area contributed by atoms with Crippen molar-refractivity contribution < 1.29 is 22.4 Å². The molecule has 170 valence electrons. The van der Waals surface area contributed by atoms with Crippen molar-refractivity contribution in [2.75, 3.05) is 5.32 Å². The average Bonchev–Trinajstić information content (AvgIpc) is 3.23. The summed E-state index contributed by atoms with van der Waals surface area (Å²) in [4.78, 5) is 4.34. The second-order valence-corrected chi connectivity index (χ2v) is 8.48. The average molecular weight is 453 g/mol. The topological polar surface area (TPSA) is 60.2 Å². The summed E-state index contributed by atoms with van der Waals surface area (Å²) in [6.45, 7) is 6.31. The summed E-state index contributed by atoms with van der Waals surface area (Å²) in [6, 6.07) is 17.6. The zero-order chi connectivity index (χ0) is 23.6. The van der Waals surface area contributed by atoms with Gasteiger partial charge in [0.1, 0.15) is 11.4 Å². The molecule has 0 atom stereocenters. The number of pyridine rings is 1. The van der Waals surface area contributed by atoms with Crippen LogP contribution in [0.15, 0.2) is 77.4 Å². The highest BCUT2D eigenvalue weighted by molar-refractivity contribution is 5.67. The van der Waals surface area contributed by atoms with E-state index in [9.17, 15) is 13.2 Å². The van der Waals surface area contributed by atoms with Crippen molar-refractivity contribution in [2.45, 2.75) is 32.4 Å². The number of hydrogen-bond donors (Lipinski definition) is 1.